The third-order valence-electron chi connectivity index (χ3n) is 3.94. The number of nitrogens with one attached hydrogen (secondary N) is 1. The van der Waals surface area contributed by atoms with Crippen LogP contribution in [0, 0.1) is 0 Å². The fraction of sp³-hybridized carbons (Fsp3) is 0.150. The van der Waals surface area contributed by atoms with E-state index in [1.165, 1.54) is 0 Å². The predicted octanol–water partition coefficient (Wildman–Crippen LogP) is 3.07. The van der Waals surface area contributed by atoms with Crippen molar-refractivity contribution >= 4 is 17.6 Å². The second kappa shape index (κ2) is 8.11. The normalized spacial score (nSPS) is 10.5. The van der Waals surface area contributed by atoms with E-state index in [1.807, 2.05) is 48.7 Å². The molecule has 0 spiro atoms. The molecule has 3 rings (SSSR count). The van der Waals surface area contributed by atoms with Crippen LogP contribution >= 0.6 is 0 Å². The number of amides is 1. The Kier molecular flexibility index (Phi) is 5.43. The fourth-order valence-electron chi connectivity index (χ4n) is 2.58. The molecule has 2 N–H and O–H groups in total. The van der Waals surface area contributed by atoms with Gasteiger partial charge in [-0.25, -0.2) is 4.68 Å². The minimum atomic E-state index is -0.819. The summed E-state index contributed by atoms with van der Waals surface area (Å²) in [6.45, 7) is 0. The summed E-state index contributed by atoms with van der Waals surface area (Å²) in [5.41, 5.74) is 3.48. The highest BCUT2D eigenvalue weighted by Gasteiger charge is 2.06. The molecule has 0 atom stereocenters. The molecule has 0 aliphatic rings. The van der Waals surface area contributed by atoms with Crippen molar-refractivity contribution in [2.24, 2.45) is 0 Å². The van der Waals surface area contributed by atoms with Crippen LogP contribution < -0.4 is 5.32 Å². The van der Waals surface area contributed by atoms with Crippen LogP contribution in [0.5, 0.6) is 0 Å². The average Bonchev–Trinajstić information content (AvgIpc) is 3.16. The summed E-state index contributed by atoms with van der Waals surface area (Å²) in [5.74, 6) is -0.920. The molecule has 0 radical (unpaired) electrons. The van der Waals surface area contributed by atoms with Gasteiger partial charge in [-0.3, -0.25) is 9.59 Å². The maximum atomic E-state index is 12.2. The molecule has 0 saturated heterocycles. The lowest BCUT2D eigenvalue weighted by Crippen LogP contribution is -2.14. The number of aliphatic carboxylic acids is 1. The van der Waals surface area contributed by atoms with E-state index in [0.717, 1.165) is 16.8 Å². The molecule has 26 heavy (non-hydrogen) atoms. The zero-order chi connectivity index (χ0) is 18.4. The number of aryl methyl sites for hydroxylation is 1. The lowest BCUT2D eigenvalue weighted by atomic mass is 10.1. The highest BCUT2D eigenvalue weighted by molar-refractivity contribution is 5.92. The Morgan fingerprint density at radius 2 is 1.69 bits per heavy atom. The van der Waals surface area contributed by atoms with Crippen molar-refractivity contribution in [1.82, 2.24) is 9.78 Å². The maximum Gasteiger partial charge on any atom is 0.303 e. The van der Waals surface area contributed by atoms with Gasteiger partial charge in [-0.2, -0.15) is 5.10 Å². The topological polar surface area (TPSA) is 84.2 Å². The third-order valence-corrected chi connectivity index (χ3v) is 3.94. The van der Waals surface area contributed by atoms with Crippen molar-refractivity contribution in [3.8, 4) is 5.69 Å². The molecule has 0 bridgehead atoms. The van der Waals surface area contributed by atoms with Crippen LogP contribution in [0.2, 0.25) is 0 Å². The molecular weight excluding hydrogens is 330 g/mol. The molecule has 6 heteroatoms. The Morgan fingerprint density at radius 3 is 2.31 bits per heavy atom. The number of hydrogen-bond donors (Lipinski definition) is 2. The van der Waals surface area contributed by atoms with Gasteiger partial charge in [-0.1, -0.05) is 24.3 Å². The molecule has 1 amide bonds. The van der Waals surface area contributed by atoms with Crippen molar-refractivity contribution in [3.05, 3.63) is 78.1 Å². The first-order valence-corrected chi connectivity index (χ1v) is 8.30. The van der Waals surface area contributed by atoms with Crippen molar-refractivity contribution in [2.45, 2.75) is 19.3 Å². The predicted molar refractivity (Wildman–Crippen MR) is 98.3 cm³/mol. The quantitative estimate of drug-likeness (QED) is 0.686. The number of hydrogen-bond acceptors (Lipinski definition) is 3. The van der Waals surface area contributed by atoms with Crippen LogP contribution in [0.15, 0.2) is 67.0 Å². The molecular formula is C20H19N3O3. The Bertz CT molecular complexity index is 870. The van der Waals surface area contributed by atoms with E-state index in [4.69, 9.17) is 5.11 Å². The van der Waals surface area contributed by atoms with Crippen molar-refractivity contribution in [3.63, 3.8) is 0 Å². The van der Waals surface area contributed by atoms with Crippen molar-refractivity contribution in [1.29, 1.82) is 0 Å². The Balaban J connectivity index is 1.54. The van der Waals surface area contributed by atoms with E-state index in [0.29, 0.717) is 12.1 Å². The van der Waals surface area contributed by atoms with E-state index in [-0.39, 0.29) is 18.7 Å². The number of carboxylic acid groups (broad SMARTS) is 1. The van der Waals surface area contributed by atoms with E-state index in [9.17, 15) is 9.59 Å². The largest absolute Gasteiger partial charge is 0.481 e. The zero-order valence-electron chi connectivity index (χ0n) is 14.1. The number of aromatic nitrogens is 2. The third kappa shape index (κ3) is 4.80. The second-order valence-corrected chi connectivity index (χ2v) is 5.93. The highest BCUT2D eigenvalue weighted by atomic mass is 16.4. The smallest absolute Gasteiger partial charge is 0.303 e. The number of carbonyl (C=O) groups is 2. The molecule has 6 nitrogen and oxygen atoms in total. The first-order valence-electron chi connectivity index (χ1n) is 8.30. The minimum absolute atomic E-state index is 0.0975. The van der Waals surface area contributed by atoms with Crippen molar-refractivity contribution in [2.75, 3.05) is 5.32 Å². The van der Waals surface area contributed by atoms with Crippen LogP contribution in [0.4, 0.5) is 5.69 Å². The van der Waals surface area contributed by atoms with Gasteiger partial charge in [0.2, 0.25) is 5.91 Å². The van der Waals surface area contributed by atoms with Gasteiger partial charge >= 0.3 is 5.97 Å². The molecule has 0 saturated carbocycles. The summed E-state index contributed by atoms with van der Waals surface area (Å²) in [6.07, 6.45) is 4.43. The lowest BCUT2D eigenvalue weighted by Gasteiger charge is -2.07. The summed E-state index contributed by atoms with van der Waals surface area (Å²) in [4.78, 5) is 22.8. The van der Waals surface area contributed by atoms with E-state index < -0.39 is 5.97 Å². The van der Waals surface area contributed by atoms with Gasteiger partial charge in [0, 0.05) is 24.5 Å². The highest BCUT2D eigenvalue weighted by Crippen LogP contribution is 2.13. The van der Waals surface area contributed by atoms with Gasteiger partial charge in [-0.15, -0.1) is 0 Å². The van der Waals surface area contributed by atoms with E-state index in [2.05, 4.69) is 10.4 Å². The molecule has 1 aromatic heterocycles. The molecule has 0 aliphatic heterocycles. The summed E-state index contributed by atoms with van der Waals surface area (Å²) in [7, 11) is 0. The van der Waals surface area contributed by atoms with Crippen LogP contribution in [0.3, 0.4) is 0 Å². The Hall–Kier alpha value is -3.41. The number of carbonyl (C=O) groups excluding carboxylic acids is 1. The number of anilines is 1. The summed E-state index contributed by atoms with van der Waals surface area (Å²) >= 11 is 0. The summed E-state index contributed by atoms with van der Waals surface area (Å²) in [6, 6.07) is 16.8. The zero-order valence-corrected chi connectivity index (χ0v) is 14.1. The van der Waals surface area contributed by atoms with Gasteiger partial charge in [0.1, 0.15) is 0 Å². The van der Waals surface area contributed by atoms with E-state index in [1.54, 1.807) is 23.0 Å². The first-order chi connectivity index (χ1) is 12.6. The van der Waals surface area contributed by atoms with Crippen molar-refractivity contribution < 1.29 is 14.7 Å². The fourth-order valence-corrected chi connectivity index (χ4v) is 2.58. The maximum absolute atomic E-state index is 12.2. The van der Waals surface area contributed by atoms with E-state index >= 15 is 0 Å². The van der Waals surface area contributed by atoms with Gasteiger partial charge in [0.05, 0.1) is 12.1 Å². The van der Waals surface area contributed by atoms with Crippen LogP contribution in [0.1, 0.15) is 17.5 Å². The Morgan fingerprint density at radius 1 is 1.00 bits per heavy atom. The van der Waals surface area contributed by atoms with Gasteiger partial charge in [0.15, 0.2) is 0 Å². The second-order valence-electron chi connectivity index (χ2n) is 5.93. The molecule has 0 aliphatic carbocycles. The van der Waals surface area contributed by atoms with Crippen LogP contribution in [0.25, 0.3) is 5.69 Å². The SMILES string of the molecule is O=C(O)CCc1ccc(NC(=O)Cc2ccc(-n3cccn3)cc2)cc1. The monoisotopic (exact) mass is 349 g/mol. The first kappa shape index (κ1) is 17.4. The van der Waals surface area contributed by atoms with Gasteiger partial charge in [0.25, 0.3) is 0 Å². The molecule has 1 heterocycles. The number of carboxylic acids is 1. The molecule has 3 aromatic rings. The van der Waals surface area contributed by atoms with Crippen LogP contribution in [-0.4, -0.2) is 26.8 Å². The summed E-state index contributed by atoms with van der Waals surface area (Å²) < 4.78 is 1.76. The van der Waals surface area contributed by atoms with Gasteiger partial charge < -0.3 is 10.4 Å². The van der Waals surface area contributed by atoms with Gasteiger partial charge in [-0.05, 0) is 47.9 Å². The van der Waals surface area contributed by atoms with Crippen LogP contribution in [-0.2, 0) is 22.4 Å². The molecule has 132 valence electrons. The minimum Gasteiger partial charge on any atom is -0.481 e. The lowest BCUT2D eigenvalue weighted by molar-refractivity contribution is -0.137. The average molecular weight is 349 g/mol. The number of nitrogens with zero attached hydrogens (tertiary/aromatic N) is 2. The molecule has 2 aromatic carbocycles. The molecule has 0 unspecified atom stereocenters. The molecule has 0 fully saturated rings. The standard InChI is InChI=1S/C20H19N3O3/c24-19(22-17-7-2-15(3-8-17)6-11-20(25)26)14-16-4-9-18(10-5-16)23-13-1-12-21-23/h1-5,7-10,12-13H,6,11,14H2,(H,22,24)(H,25,26). The summed E-state index contributed by atoms with van der Waals surface area (Å²) in [5, 5.41) is 15.7. The number of rotatable bonds is 7. The number of benzene rings is 2. The Labute approximate surface area is 151 Å².